The van der Waals surface area contributed by atoms with Gasteiger partial charge in [-0.05, 0) is 30.3 Å². The first-order valence-corrected chi connectivity index (χ1v) is 8.34. The lowest BCUT2D eigenvalue weighted by Gasteiger charge is -2.32. The molecule has 2 nitrogen and oxygen atoms in total. The number of rotatable bonds is 0. The molecule has 0 amide bonds. The highest BCUT2D eigenvalue weighted by Gasteiger charge is 2.44. The summed E-state index contributed by atoms with van der Waals surface area (Å²) in [5.41, 5.74) is 2.38. The molecule has 4 rings (SSSR count). The normalized spacial score (nSPS) is 41.7. The summed E-state index contributed by atoms with van der Waals surface area (Å²) in [6.07, 6.45) is 12.0. The predicted octanol–water partition coefficient (Wildman–Crippen LogP) is 3.99. The van der Waals surface area contributed by atoms with Crippen molar-refractivity contribution >= 4 is 7.37 Å². The Labute approximate surface area is 101 Å². The summed E-state index contributed by atoms with van der Waals surface area (Å²) in [5.74, 6) is 2.26. The molecule has 0 radical (unpaired) electrons. The standard InChI is InChI=1S/C14H15O2P/c1-17(15)14-8-10-6-9(10)7-12(14)11-4-2-3-5-13(11)16-17/h2,4,7-10H,3,5-6H2,1H3. The van der Waals surface area contributed by atoms with E-state index in [1.54, 1.807) is 6.66 Å². The van der Waals surface area contributed by atoms with Gasteiger partial charge in [0.25, 0.3) is 7.37 Å². The zero-order chi connectivity index (χ0) is 11.6. The topological polar surface area (TPSA) is 26.3 Å². The molecule has 3 atom stereocenters. The van der Waals surface area contributed by atoms with Crippen molar-refractivity contribution in [2.24, 2.45) is 11.8 Å². The van der Waals surface area contributed by atoms with Crippen LogP contribution in [0.3, 0.4) is 0 Å². The molecule has 1 aliphatic heterocycles. The van der Waals surface area contributed by atoms with Crippen molar-refractivity contribution in [3.63, 3.8) is 0 Å². The van der Waals surface area contributed by atoms with Crippen molar-refractivity contribution in [1.82, 2.24) is 0 Å². The molecule has 17 heavy (non-hydrogen) atoms. The van der Waals surface area contributed by atoms with E-state index in [4.69, 9.17) is 4.52 Å². The van der Waals surface area contributed by atoms with Crippen LogP contribution in [0.2, 0.25) is 0 Å². The van der Waals surface area contributed by atoms with Crippen molar-refractivity contribution in [3.8, 4) is 0 Å². The Morgan fingerprint density at radius 3 is 3.06 bits per heavy atom. The Kier molecular flexibility index (Phi) is 1.79. The van der Waals surface area contributed by atoms with E-state index >= 15 is 0 Å². The van der Waals surface area contributed by atoms with Gasteiger partial charge in [0.2, 0.25) is 0 Å². The molecule has 3 heteroatoms. The fraction of sp³-hybridized carbons (Fsp3) is 0.429. The number of hydrogen-bond donors (Lipinski definition) is 0. The fourth-order valence-corrected chi connectivity index (χ4v) is 4.83. The largest absolute Gasteiger partial charge is 0.444 e. The van der Waals surface area contributed by atoms with Crippen molar-refractivity contribution in [2.75, 3.05) is 6.66 Å². The third-order valence-electron chi connectivity index (χ3n) is 4.05. The van der Waals surface area contributed by atoms with E-state index in [1.807, 2.05) is 0 Å². The third-order valence-corrected chi connectivity index (χ3v) is 5.89. The van der Waals surface area contributed by atoms with Crippen LogP contribution in [-0.4, -0.2) is 6.66 Å². The molecule has 1 saturated carbocycles. The maximum absolute atomic E-state index is 12.6. The Bertz CT molecular complexity index is 577. The molecule has 0 N–H and O–H groups in total. The minimum atomic E-state index is -2.62. The van der Waals surface area contributed by atoms with Crippen LogP contribution in [0.4, 0.5) is 0 Å². The summed E-state index contributed by atoms with van der Waals surface area (Å²) in [5, 5.41) is 0.974. The smallest absolute Gasteiger partial charge is 0.274 e. The molecule has 4 aliphatic rings. The highest BCUT2D eigenvalue weighted by molar-refractivity contribution is 7.63. The van der Waals surface area contributed by atoms with Crippen LogP contribution in [0.1, 0.15) is 19.3 Å². The first-order valence-electron chi connectivity index (χ1n) is 6.27. The van der Waals surface area contributed by atoms with Crippen LogP contribution in [0.15, 0.2) is 46.5 Å². The average molecular weight is 246 g/mol. The highest BCUT2D eigenvalue weighted by Crippen LogP contribution is 2.66. The van der Waals surface area contributed by atoms with Gasteiger partial charge in [-0.1, -0.05) is 24.3 Å². The van der Waals surface area contributed by atoms with Crippen LogP contribution in [0, 0.1) is 11.8 Å². The molecular formula is C14H15O2P. The third kappa shape index (κ3) is 1.37. The van der Waals surface area contributed by atoms with Gasteiger partial charge < -0.3 is 4.52 Å². The lowest BCUT2D eigenvalue weighted by Crippen LogP contribution is -2.12. The highest BCUT2D eigenvalue weighted by atomic mass is 31.2. The Morgan fingerprint density at radius 2 is 2.18 bits per heavy atom. The van der Waals surface area contributed by atoms with E-state index in [1.165, 1.54) is 17.6 Å². The molecule has 1 heterocycles. The summed E-state index contributed by atoms with van der Waals surface area (Å²) < 4.78 is 18.4. The van der Waals surface area contributed by atoms with Gasteiger partial charge in [-0.3, -0.25) is 4.57 Å². The Balaban J connectivity index is 1.94. The molecule has 0 saturated heterocycles. The summed E-state index contributed by atoms with van der Waals surface area (Å²) in [4.78, 5) is 0. The van der Waals surface area contributed by atoms with E-state index < -0.39 is 7.37 Å². The molecular weight excluding hydrogens is 231 g/mol. The molecule has 0 bridgehead atoms. The SMILES string of the molecule is CP1(=O)OC2=C(C=CCC2)C2=CC3CC3C=C21. The zero-order valence-corrected chi connectivity index (χ0v) is 10.7. The van der Waals surface area contributed by atoms with E-state index in [0.29, 0.717) is 11.8 Å². The first-order chi connectivity index (χ1) is 8.15. The van der Waals surface area contributed by atoms with Gasteiger partial charge in [0.15, 0.2) is 0 Å². The second kappa shape index (κ2) is 3.05. The summed E-state index contributed by atoms with van der Waals surface area (Å²) in [7, 11) is -2.62. The second-order valence-electron chi connectivity index (χ2n) is 5.41. The molecule has 3 unspecified atom stereocenters. The lowest BCUT2D eigenvalue weighted by atomic mass is 9.93. The van der Waals surface area contributed by atoms with Gasteiger partial charge in [-0.25, -0.2) is 0 Å². The van der Waals surface area contributed by atoms with E-state index in [0.717, 1.165) is 23.9 Å². The number of allylic oxidation sites excluding steroid dienone is 8. The van der Waals surface area contributed by atoms with Crippen molar-refractivity contribution in [1.29, 1.82) is 0 Å². The minimum Gasteiger partial charge on any atom is -0.444 e. The fourth-order valence-electron chi connectivity index (χ4n) is 3.03. The summed E-state index contributed by atoms with van der Waals surface area (Å²) in [6.45, 7) is 1.76. The quantitative estimate of drug-likeness (QED) is 0.604. The first kappa shape index (κ1) is 9.96. The van der Waals surface area contributed by atoms with Crippen LogP contribution in [0.5, 0.6) is 0 Å². The Morgan fingerprint density at radius 1 is 1.35 bits per heavy atom. The van der Waals surface area contributed by atoms with Crippen LogP contribution < -0.4 is 0 Å². The molecule has 1 fully saturated rings. The van der Waals surface area contributed by atoms with Crippen molar-refractivity contribution in [2.45, 2.75) is 19.3 Å². The van der Waals surface area contributed by atoms with Gasteiger partial charge in [-0.15, -0.1) is 0 Å². The maximum Gasteiger partial charge on any atom is 0.274 e. The van der Waals surface area contributed by atoms with Gasteiger partial charge in [0.1, 0.15) is 5.76 Å². The molecule has 3 aliphatic carbocycles. The van der Waals surface area contributed by atoms with Crippen LogP contribution in [-0.2, 0) is 9.09 Å². The van der Waals surface area contributed by atoms with Gasteiger partial charge in [-0.2, -0.15) is 0 Å². The lowest BCUT2D eigenvalue weighted by molar-refractivity contribution is 0.387. The monoisotopic (exact) mass is 246 g/mol. The molecule has 88 valence electrons. The van der Waals surface area contributed by atoms with Gasteiger partial charge in [0, 0.05) is 18.7 Å². The number of fused-ring (bicyclic) bond motifs is 3. The van der Waals surface area contributed by atoms with E-state index in [2.05, 4.69) is 24.3 Å². The van der Waals surface area contributed by atoms with Gasteiger partial charge in [0.05, 0.1) is 5.31 Å². The molecule has 0 spiro atoms. The summed E-state index contributed by atoms with van der Waals surface area (Å²) >= 11 is 0. The summed E-state index contributed by atoms with van der Waals surface area (Å²) in [6, 6.07) is 0. The Hall–Kier alpha value is -1.01. The van der Waals surface area contributed by atoms with Crippen molar-refractivity contribution in [3.05, 3.63) is 46.5 Å². The minimum absolute atomic E-state index is 0.625. The molecule has 0 aromatic carbocycles. The van der Waals surface area contributed by atoms with E-state index in [-0.39, 0.29) is 0 Å². The second-order valence-corrected chi connectivity index (χ2v) is 7.77. The predicted molar refractivity (Wildman–Crippen MR) is 67.8 cm³/mol. The molecule has 0 aromatic rings. The average Bonchev–Trinajstić information content (AvgIpc) is 3.05. The number of hydrogen-bond acceptors (Lipinski definition) is 2. The molecule has 0 aromatic heterocycles. The maximum atomic E-state index is 12.6. The zero-order valence-electron chi connectivity index (χ0n) is 9.85. The van der Waals surface area contributed by atoms with Crippen LogP contribution in [0.25, 0.3) is 0 Å². The van der Waals surface area contributed by atoms with Crippen LogP contribution >= 0.6 is 7.37 Å². The van der Waals surface area contributed by atoms with E-state index in [9.17, 15) is 4.57 Å². The van der Waals surface area contributed by atoms with Gasteiger partial charge >= 0.3 is 0 Å². The van der Waals surface area contributed by atoms with Crippen molar-refractivity contribution < 1.29 is 9.09 Å².